The predicted molar refractivity (Wildman–Crippen MR) is 59.8 cm³/mol. The van der Waals surface area contributed by atoms with E-state index in [2.05, 4.69) is 17.2 Å². The van der Waals surface area contributed by atoms with Crippen LogP contribution in [0.25, 0.3) is 0 Å². The molecule has 3 nitrogen and oxygen atoms in total. The van der Waals surface area contributed by atoms with E-state index in [4.69, 9.17) is 4.42 Å². The molecule has 1 aromatic heterocycles. The van der Waals surface area contributed by atoms with Gasteiger partial charge in [-0.05, 0) is 33.4 Å². The molecular formula is C10H18N2OS. The van der Waals surface area contributed by atoms with Crippen LogP contribution in [-0.4, -0.2) is 24.3 Å². The fraction of sp³-hybridized carbons (Fsp3) is 0.700. The number of oxazole rings is 1. The standard InChI is InChI=1S/C10H18N2OS/c1-7(5-11-4)6-14-10-12-8(2)9(3)13-10/h7,11H,5-6H2,1-4H3. The molecule has 14 heavy (non-hydrogen) atoms. The Kier molecular flexibility index (Phi) is 4.48. The summed E-state index contributed by atoms with van der Waals surface area (Å²) < 4.78 is 5.47. The highest BCUT2D eigenvalue weighted by Crippen LogP contribution is 2.21. The molecule has 0 spiro atoms. The third-order valence-electron chi connectivity index (χ3n) is 2.05. The van der Waals surface area contributed by atoms with Gasteiger partial charge in [-0.15, -0.1) is 0 Å². The fourth-order valence-electron chi connectivity index (χ4n) is 1.13. The summed E-state index contributed by atoms with van der Waals surface area (Å²) in [5.41, 5.74) is 0.994. The summed E-state index contributed by atoms with van der Waals surface area (Å²) in [6.45, 7) is 7.17. The van der Waals surface area contributed by atoms with Gasteiger partial charge in [0.05, 0.1) is 5.69 Å². The molecule has 1 N–H and O–H groups in total. The van der Waals surface area contributed by atoms with Gasteiger partial charge in [0.2, 0.25) is 0 Å². The average Bonchev–Trinajstić information content (AvgIpc) is 2.44. The van der Waals surface area contributed by atoms with Crippen molar-refractivity contribution in [3.05, 3.63) is 11.5 Å². The zero-order valence-electron chi connectivity index (χ0n) is 9.26. The lowest BCUT2D eigenvalue weighted by atomic mass is 10.2. The Bertz CT molecular complexity index is 266. The second kappa shape index (κ2) is 5.41. The first-order chi connectivity index (χ1) is 6.63. The zero-order valence-corrected chi connectivity index (χ0v) is 10.1. The van der Waals surface area contributed by atoms with E-state index >= 15 is 0 Å². The van der Waals surface area contributed by atoms with Crippen LogP contribution in [0.5, 0.6) is 0 Å². The van der Waals surface area contributed by atoms with Gasteiger partial charge in [-0.2, -0.15) is 0 Å². The van der Waals surface area contributed by atoms with E-state index in [1.807, 2.05) is 20.9 Å². The molecule has 0 saturated carbocycles. The summed E-state index contributed by atoms with van der Waals surface area (Å²) in [5.74, 6) is 2.60. The Hall–Kier alpha value is -0.480. The maximum Gasteiger partial charge on any atom is 0.256 e. The van der Waals surface area contributed by atoms with Crippen LogP contribution in [-0.2, 0) is 0 Å². The third-order valence-corrected chi connectivity index (χ3v) is 3.21. The van der Waals surface area contributed by atoms with Gasteiger partial charge in [-0.25, -0.2) is 4.98 Å². The molecule has 0 aliphatic rings. The molecule has 1 heterocycles. The minimum Gasteiger partial charge on any atom is -0.437 e. The smallest absolute Gasteiger partial charge is 0.256 e. The van der Waals surface area contributed by atoms with Crippen molar-refractivity contribution in [2.24, 2.45) is 5.92 Å². The molecule has 4 heteroatoms. The van der Waals surface area contributed by atoms with Gasteiger partial charge in [-0.1, -0.05) is 18.7 Å². The van der Waals surface area contributed by atoms with Gasteiger partial charge >= 0.3 is 0 Å². The monoisotopic (exact) mass is 214 g/mol. The normalized spacial score (nSPS) is 13.1. The zero-order chi connectivity index (χ0) is 10.6. The van der Waals surface area contributed by atoms with E-state index in [9.17, 15) is 0 Å². The lowest BCUT2D eigenvalue weighted by Gasteiger charge is -2.07. The number of hydrogen-bond acceptors (Lipinski definition) is 4. The fourth-order valence-corrected chi connectivity index (χ4v) is 2.06. The van der Waals surface area contributed by atoms with Gasteiger partial charge in [0.25, 0.3) is 5.22 Å². The van der Waals surface area contributed by atoms with Crippen LogP contribution in [0.15, 0.2) is 9.64 Å². The molecule has 0 aliphatic carbocycles. The molecule has 0 amide bonds. The first-order valence-electron chi connectivity index (χ1n) is 4.85. The van der Waals surface area contributed by atoms with Crippen LogP contribution >= 0.6 is 11.8 Å². The topological polar surface area (TPSA) is 38.1 Å². The number of rotatable bonds is 5. The van der Waals surface area contributed by atoms with Gasteiger partial charge < -0.3 is 9.73 Å². The Balaban J connectivity index is 2.38. The minimum atomic E-state index is 0.637. The van der Waals surface area contributed by atoms with E-state index in [-0.39, 0.29) is 0 Å². The van der Waals surface area contributed by atoms with E-state index in [0.29, 0.717) is 5.92 Å². The summed E-state index contributed by atoms with van der Waals surface area (Å²) in [5, 5.41) is 3.95. The molecule has 0 bridgehead atoms. The van der Waals surface area contributed by atoms with Crippen molar-refractivity contribution in [2.75, 3.05) is 19.3 Å². The predicted octanol–water partition coefficient (Wildman–Crippen LogP) is 2.24. The van der Waals surface area contributed by atoms with Crippen LogP contribution in [0.3, 0.4) is 0 Å². The molecule has 0 aliphatic heterocycles. The number of hydrogen-bond donors (Lipinski definition) is 1. The van der Waals surface area contributed by atoms with Crippen LogP contribution in [0.1, 0.15) is 18.4 Å². The van der Waals surface area contributed by atoms with Crippen molar-refractivity contribution in [3.63, 3.8) is 0 Å². The van der Waals surface area contributed by atoms with Crippen molar-refractivity contribution in [1.29, 1.82) is 0 Å². The molecule has 1 aromatic rings. The summed E-state index contributed by atoms with van der Waals surface area (Å²) >= 11 is 1.69. The Labute approximate surface area is 89.7 Å². The first-order valence-corrected chi connectivity index (χ1v) is 5.83. The van der Waals surface area contributed by atoms with E-state index in [0.717, 1.165) is 29.0 Å². The Morgan fingerprint density at radius 3 is 2.71 bits per heavy atom. The third kappa shape index (κ3) is 3.35. The van der Waals surface area contributed by atoms with E-state index < -0.39 is 0 Å². The second-order valence-electron chi connectivity index (χ2n) is 3.60. The quantitative estimate of drug-likeness (QED) is 0.763. The van der Waals surface area contributed by atoms with Gasteiger partial charge in [0.1, 0.15) is 5.76 Å². The number of nitrogens with zero attached hydrogens (tertiary/aromatic N) is 1. The van der Waals surface area contributed by atoms with E-state index in [1.54, 1.807) is 11.8 Å². The highest BCUT2D eigenvalue weighted by molar-refractivity contribution is 7.99. The molecule has 1 atom stereocenters. The molecule has 0 saturated heterocycles. The number of aryl methyl sites for hydroxylation is 2. The molecule has 1 unspecified atom stereocenters. The van der Waals surface area contributed by atoms with Crippen molar-refractivity contribution in [3.8, 4) is 0 Å². The lowest BCUT2D eigenvalue weighted by Crippen LogP contribution is -2.17. The highest BCUT2D eigenvalue weighted by atomic mass is 32.2. The van der Waals surface area contributed by atoms with Crippen molar-refractivity contribution >= 4 is 11.8 Å². The van der Waals surface area contributed by atoms with Crippen LogP contribution in [0.2, 0.25) is 0 Å². The van der Waals surface area contributed by atoms with Crippen LogP contribution in [0.4, 0.5) is 0 Å². The first kappa shape index (κ1) is 11.6. The number of thioether (sulfide) groups is 1. The Morgan fingerprint density at radius 2 is 2.21 bits per heavy atom. The summed E-state index contributed by atoms with van der Waals surface area (Å²) in [6, 6.07) is 0. The molecule has 0 fully saturated rings. The number of nitrogens with one attached hydrogen (secondary N) is 1. The molecular weight excluding hydrogens is 196 g/mol. The van der Waals surface area contributed by atoms with Gasteiger partial charge in [-0.3, -0.25) is 0 Å². The van der Waals surface area contributed by atoms with Crippen LogP contribution < -0.4 is 5.32 Å². The minimum absolute atomic E-state index is 0.637. The van der Waals surface area contributed by atoms with E-state index in [1.165, 1.54) is 0 Å². The van der Waals surface area contributed by atoms with Crippen molar-refractivity contribution in [1.82, 2.24) is 10.3 Å². The Morgan fingerprint density at radius 1 is 1.50 bits per heavy atom. The highest BCUT2D eigenvalue weighted by Gasteiger charge is 2.08. The maximum absolute atomic E-state index is 5.47. The molecule has 0 aromatic carbocycles. The SMILES string of the molecule is CNCC(C)CSc1nc(C)c(C)o1. The van der Waals surface area contributed by atoms with Crippen molar-refractivity contribution in [2.45, 2.75) is 26.0 Å². The molecule has 0 radical (unpaired) electrons. The average molecular weight is 214 g/mol. The molecule has 1 rings (SSSR count). The largest absolute Gasteiger partial charge is 0.437 e. The van der Waals surface area contributed by atoms with Gasteiger partial charge in [0, 0.05) is 5.75 Å². The molecule has 80 valence electrons. The lowest BCUT2D eigenvalue weighted by molar-refractivity contribution is 0.430. The van der Waals surface area contributed by atoms with Gasteiger partial charge in [0.15, 0.2) is 0 Å². The summed E-state index contributed by atoms with van der Waals surface area (Å²) in [7, 11) is 1.97. The van der Waals surface area contributed by atoms with Crippen molar-refractivity contribution < 1.29 is 4.42 Å². The van der Waals surface area contributed by atoms with Crippen LogP contribution in [0, 0.1) is 19.8 Å². The summed E-state index contributed by atoms with van der Waals surface area (Å²) in [4.78, 5) is 4.32. The number of aromatic nitrogens is 1. The maximum atomic E-state index is 5.47. The second-order valence-corrected chi connectivity index (χ2v) is 4.57. The summed E-state index contributed by atoms with van der Waals surface area (Å²) in [6.07, 6.45) is 0.